The average Bonchev–Trinajstić information content (AvgIpc) is 2.27. The lowest BCUT2D eigenvalue weighted by Gasteiger charge is -2.22. The highest BCUT2D eigenvalue weighted by atomic mass is 16.5. The lowest BCUT2D eigenvalue weighted by molar-refractivity contribution is 0.174. The number of allylic oxidation sites excluding steroid dienone is 1. The molecule has 88 valence electrons. The molecular formula is C13H25NO. The highest BCUT2D eigenvalue weighted by molar-refractivity contribution is 5.07. The maximum atomic E-state index is 6.19. The van der Waals surface area contributed by atoms with Gasteiger partial charge in [0.15, 0.2) is 0 Å². The molecule has 0 amide bonds. The molecule has 0 aromatic rings. The molecule has 2 atom stereocenters. The molecule has 0 bridgehead atoms. The van der Waals surface area contributed by atoms with Gasteiger partial charge in [-0.25, -0.2) is 0 Å². The predicted octanol–water partition coefficient (Wildman–Crippen LogP) is 2.88. The van der Waals surface area contributed by atoms with Crippen LogP contribution in [0.15, 0.2) is 11.6 Å². The normalized spacial score (nSPS) is 20.9. The van der Waals surface area contributed by atoms with Crippen LogP contribution in [0.4, 0.5) is 0 Å². The van der Waals surface area contributed by atoms with E-state index in [0.29, 0.717) is 12.0 Å². The van der Waals surface area contributed by atoms with Crippen molar-refractivity contribution in [1.82, 2.24) is 0 Å². The largest absolute Gasteiger partial charge is 0.385 e. The summed E-state index contributed by atoms with van der Waals surface area (Å²) >= 11 is 0. The number of hydrogen-bond acceptors (Lipinski definition) is 2. The van der Waals surface area contributed by atoms with Gasteiger partial charge in [0.05, 0.1) is 0 Å². The molecule has 2 heteroatoms. The SMILES string of the molecule is COCCC(C)C(N)CC1=CCCCC1. The van der Waals surface area contributed by atoms with Crippen LogP contribution in [0.2, 0.25) is 0 Å². The molecule has 1 aliphatic rings. The van der Waals surface area contributed by atoms with Gasteiger partial charge in [-0.2, -0.15) is 0 Å². The van der Waals surface area contributed by atoms with Crippen LogP contribution < -0.4 is 5.73 Å². The number of ether oxygens (including phenoxy) is 1. The molecule has 0 saturated carbocycles. The van der Waals surface area contributed by atoms with Gasteiger partial charge in [-0.15, -0.1) is 0 Å². The zero-order chi connectivity index (χ0) is 11.1. The van der Waals surface area contributed by atoms with E-state index >= 15 is 0 Å². The summed E-state index contributed by atoms with van der Waals surface area (Å²) in [5, 5.41) is 0. The number of hydrogen-bond donors (Lipinski definition) is 1. The minimum atomic E-state index is 0.310. The van der Waals surface area contributed by atoms with Crippen LogP contribution in [0, 0.1) is 5.92 Å². The third-order valence-electron chi connectivity index (χ3n) is 3.39. The standard InChI is InChI=1S/C13H25NO/c1-11(8-9-15-2)13(14)10-12-6-4-3-5-7-12/h6,11,13H,3-5,7-10,14H2,1-2H3. The van der Waals surface area contributed by atoms with E-state index in [-0.39, 0.29) is 0 Å². The third kappa shape index (κ3) is 4.80. The van der Waals surface area contributed by atoms with E-state index in [2.05, 4.69) is 13.0 Å². The lowest BCUT2D eigenvalue weighted by Crippen LogP contribution is -2.29. The summed E-state index contributed by atoms with van der Waals surface area (Å²) in [6, 6.07) is 0.310. The van der Waals surface area contributed by atoms with Crippen LogP contribution in [0.1, 0.15) is 45.4 Å². The fourth-order valence-corrected chi connectivity index (χ4v) is 2.11. The van der Waals surface area contributed by atoms with Crippen LogP contribution >= 0.6 is 0 Å². The second kappa shape index (κ2) is 7.02. The van der Waals surface area contributed by atoms with Gasteiger partial charge in [-0.1, -0.05) is 18.6 Å². The fourth-order valence-electron chi connectivity index (χ4n) is 2.11. The first-order chi connectivity index (χ1) is 7.24. The van der Waals surface area contributed by atoms with E-state index in [4.69, 9.17) is 10.5 Å². The highest BCUT2D eigenvalue weighted by Gasteiger charge is 2.15. The van der Waals surface area contributed by atoms with E-state index in [0.717, 1.165) is 19.4 Å². The molecule has 1 rings (SSSR count). The van der Waals surface area contributed by atoms with Crippen LogP contribution in [-0.2, 0) is 4.74 Å². The van der Waals surface area contributed by atoms with Gasteiger partial charge in [0.1, 0.15) is 0 Å². The van der Waals surface area contributed by atoms with Gasteiger partial charge in [0.25, 0.3) is 0 Å². The minimum absolute atomic E-state index is 0.310. The quantitative estimate of drug-likeness (QED) is 0.686. The number of rotatable bonds is 6. The van der Waals surface area contributed by atoms with Gasteiger partial charge < -0.3 is 10.5 Å². The van der Waals surface area contributed by atoms with E-state index in [1.165, 1.54) is 25.7 Å². The molecule has 0 aromatic carbocycles. The minimum Gasteiger partial charge on any atom is -0.385 e. The molecule has 1 aliphatic carbocycles. The Labute approximate surface area is 93.9 Å². The Hall–Kier alpha value is -0.340. The van der Waals surface area contributed by atoms with Crippen molar-refractivity contribution in [2.24, 2.45) is 11.7 Å². The summed E-state index contributed by atoms with van der Waals surface area (Å²) in [6.07, 6.45) is 9.80. The molecule has 2 N–H and O–H groups in total. The second-order valence-electron chi connectivity index (χ2n) is 4.73. The first-order valence-electron chi connectivity index (χ1n) is 6.16. The third-order valence-corrected chi connectivity index (χ3v) is 3.39. The number of nitrogens with two attached hydrogens (primary N) is 1. The predicted molar refractivity (Wildman–Crippen MR) is 64.8 cm³/mol. The maximum Gasteiger partial charge on any atom is 0.0465 e. The Morgan fingerprint density at radius 2 is 2.27 bits per heavy atom. The van der Waals surface area contributed by atoms with Gasteiger partial charge in [0.2, 0.25) is 0 Å². The molecule has 0 aliphatic heterocycles. The van der Waals surface area contributed by atoms with Crippen LogP contribution in [0.5, 0.6) is 0 Å². The molecule has 0 saturated heterocycles. The van der Waals surface area contributed by atoms with Gasteiger partial charge in [-0.3, -0.25) is 0 Å². The molecule has 2 nitrogen and oxygen atoms in total. The Kier molecular flexibility index (Phi) is 5.96. The second-order valence-corrected chi connectivity index (χ2v) is 4.73. The fraction of sp³-hybridized carbons (Fsp3) is 0.846. The maximum absolute atomic E-state index is 6.19. The van der Waals surface area contributed by atoms with Crippen molar-refractivity contribution in [1.29, 1.82) is 0 Å². The van der Waals surface area contributed by atoms with E-state index in [1.807, 2.05) is 0 Å². The average molecular weight is 211 g/mol. The van der Waals surface area contributed by atoms with Crippen molar-refractivity contribution in [2.45, 2.75) is 51.5 Å². The molecular weight excluding hydrogens is 186 g/mol. The molecule has 0 fully saturated rings. The topological polar surface area (TPSA) is 35.2 Å². The zero-order valence-electron chi connectivity index (χ0n) is 10.2. The van der Waals surface area contributed by atoms with Crippen molar-refractivity contribution in [3.05, 3.63) is 11.6 Å². The van der Waals surface area contributed by atoms with Crippen LogP contribution in [-0.4, -0.2) is 19.8 Å². The van der Waals surface area contributed by atoms with E-state index in [1.54, 1.807) is 12.7 Å². The van der Waals surface area contributed by atoms with E-state index in [9.17, 15) is 0 Å². The van der Waals surface area contributed by atoms with Crippen molar-refractivity contribution >= 4 is 0 Å². The van der Waals surface area contributed by atoms with Crippen molar-refractivity contribution in [3.63, 3.8) is 0 Å². The Balaban J connectivity index is 2.26. The summed E-state index contributed by atoms with van der Waals surface area (Å²) in [5.74, 6) is 0.563. The van der Waals surface area contributed by atoms with Gasteiger partial charge in [-0.05, 0) is 44.4 Å². The van der Waals surface area contributed by atoms with Gasteiger partial charge >= 0.3 is 0 Å². The summed E-state index contributed by atoms with van der Waals surface area (Å²) < 4.78 is 5.08. The molecule has 0 heterocycles. The van der Waals surface area contributed by atoms with Gasteiger partial charge in [0, 0.05) is 19.8 Å². The number of methoxy groups -OCH3 is 1. The van der Waals surface area contributed by atoms with E-state index < -0.39 is 0 Å². The first kappa shape index (κ1) is 12.7. The summed E-state index contributed by atoms with van der Waals surface area (Å²) in [7, 11) is 1.75. The highest BCUT2D eigenvalue weighted by Crippen LogP contribution is 2.23. The van der Waals surface area contributed by atoms with Crippen molar-refractivity contribution in [2.75, 3.05) is 13.7 Å². The Bertz CT molecular complexity index is 201. The zero-order valence-corrected chi connectivity index (χ0v) is 10.2. The Morgan fingerprint density at radius 3 is 2.87 bits per heavy atom. The molecule has 0 radical (unpaired) electrons. The summed E-state index contributed by atoms with van der Waals surface area (Å²) in [5.41, 5.74) is 7.77. The van der Waals surface area contributed by atoms with Crippen LogP contribution in [0.3, 0.4) is 0 Å². The summed E-state index contributed by atoms with van der Waals surface area (Å²) in [6.45, 7) is 3.06. The van der Waals surface area contributed by atoms with Crippen molar-refractivity contribution < 1.29 is 4.74 Å². The lowest BCUT2D eigenvalue weighted by atomic mass is 9.89. The molecule has 0 spiro atoms. The molecule has 15 heavy (non-hydrogen) atoms. The van der Waals surface area contributed by atoms with Crippen molar-refractivity contribution in [3.8, 4) is 0 Å². The Morgan fingerprint density at radius 1 is 1.47 bits per heavy atom. The molecule has 2 unspecified atom stereocenters. The first-order valence-corrected chi connectivity index (χ1v) is 6.16. The smallest absolute Gasteiger partial charge is 0.0465 e. The summed E-state index contributed by atoms with van der Waals surface area (Å²) in [4.78, 5) is 0. The molecule has 0 aromatic heterocycles. The monoisotopic (exact) mass is 211 g/mol. The van der Waals surface area contributed by atoms with Crippen LogP contribution in [0.25, 0.3) is 0 Å².